The minimum Gasteiger partial charge on any atom is -0.432 e. The number of fused-ring (bicyclic) bond motifs is 2. The molecule has 2 saturated heterocycles. The van der Waals surface area contributed by atoms with Gasteiger partial charge in [-0.3, -0.25) is 9.59 Å². The molecule has 2 N–H and O–H groups in total. The molecule has 1 spiro atoms. The second-order valence-corrected chi connectivity index (χ2v) is 13.5. The van der Waals surface area contributed by atoms with E-state index in [4.69, 9.17) is 4.74 Å². The van der Waals surface area contributed by atoms with Gasteiger partial charge in [-0.05, 0) is 32.0 Å². The zero-order valence-corrected chi connectivity index (χ0v) is 19.2. The first-order valence-corrected chi connectivity index (χ1v) is 13.8. The van der Waals surface area contributed by atoms with Crippen molar-refractivity contribution in [3.05, 3.63) is 29.8 Å². The van der Waals surface area contributed by atoms with Gasteiger partial charge in [0.2, 0.25) is 5.91 Å². The fourth-order valence-corrected chi connectivity index (χ4v) is 8.53. The van der Waals surface area contributed by atoms with Gasteiger partial charge in [0, 0.05) is 30.6 Å². The average Bonchev–Trinajstić information content (AvgIpc) is 3.34. The number of carbonyl (C=O) groups is 2. The molecule has 3 aliphatic heterocycles. The maximum Gasteiger partial charge on any atom is 0.264 e. The van der Waals surface area contributed by atoms with E-state index in [1.165, 1.54) is 0 Å². The van der Waals surface area contributed by atoms with Gasteiger partial charge in [0.15, 0.2) is 13.9 Å². The molecule has 0 aromatic heterocycles. The lowest BCUT2D eigenvalue weighted by atomic mass is 9.82. The molecule has 3 heterocycles. The van der Waals surface area contributed by atoms with Crippen LogP contribution in [0.3, 0.4) is 0 Å². The molecule has 2 amide bonds. The highest BCUT2D eigenvalue weighted by atomic mass is 28.4. The van der Waals surface area contributed by atoms with Crippen LogP contribution in [0.25, 0.3) is 0 Å². The summed E-state index contributed by atoms with van der Waals surface area (Å²) in [4.78, 5) is 41.1. The monoisotopic (exact) mass is 432 g/mol. The minimum absolute atomic E-state index is 0.0437. The van der Waals surface area contributed by atoms with Crippen LogP contribution in [0.5, 0.6) is 0 Å². The largest absolute Gasteiger partial charge is 0.432 e. The third-order valence-electron chi connectivity index (χ3n) is 7.31. The van der Waals surface area contributed by atoms with Gasteiger partial charge in [0.25, 0.3) is 5.91 Å². The fraction of sp³-hybridized carbons (Fsp3) is 0.636. The molecule has 2 fully saturated rings. The summed E-state index contributed by atoms with van der Waals surface area (Å²) in [7, 11) is -1.02. The highest BCUT2D eigenvalue weighted by Gasteiger charge is 2.66. The Morgan fingerprint density at radius 1 is 1.33 bits per heavy atom. The summed E-state index contributed by atoms with van der Waals surface area (Å²) >= 11 is 0. The number of benzene rings is 1. The molecule has 30 heavy (non-hydrogen) atoms. The molecule has 0 radical (unpaired) electrons. The summed E-state index contributed by atoms with van der Waals surface area (Å²) in [6.45, 7) is 6.27. The van der Waals surface area contributed by atoms with E-state index in [0.717, 1.165) is 24.1 Å². The molecular formula is C22H32N2O5Si. The van der Waals surface area contributed by atoms with Crippen LogP contribution in [0.1, 0.15) is 31.7 Å². The fourth-order valence-electron chi connectivity index (χ4n) is 5.98. The van der Waals surface area contributed by atoms with E-state index in [1.807, 2.05) is 44.3 Å². The summed E-state index contributed by atoms with van der Waals surface area (Å²) in [6.07, 6.45) is 1.25. The molecule has 164 valence electrons. The van der Waals surface area contributed by atoms with Crippen molar-refractivity contribution in [2.45, 2.75) is 62.6 Å². The topological polar surface area (TPSA) is 90.3 Å². The van der Waals surface area contributed by atoms with Crippen LogP contribution < -0.4 is 4.90 Å². The predicted molar refractivity (Wildman–Crippen MR) is 115 cm³/mol. The predicted octanol–water partition coefficient (Wildman–Crippen LogP) is 1.83. The lowest BCUT2D eigenvalue weighted by Crippen LogP contribution is -2.45. The number of aliphatic hydroxyl groups is 1. The van der Waals surface area contributed by atoms with Crippen LogP contribution >= 0.6 is 0 Å². The number of amides is 2. The Balaban J connectivity index is 1.70. The molecule has 0 bridgehead atoms. The minimum atomic E-state index is -2.76. The van der Waals surface area contributed by atoms with E-state index < -0.39 is 20.0 Å². The van der Waals surface area contributed by atoms with E-state index in [-0.39, 0.29) is 42.3 Å². The van der Waals surface area contributed by atoms with Crippen LogP contribution in [-0.2, 0) is 19.9 Å². The smallest absolute Gasteiger partial charge is 0.264 e. The molecule has 1 aromatic rings. The summed E-state index contributed by atoms with van der Waals surface area (Å²) < 4.78 is 6.54. The van der Waals surface area contributed by atoms with Crippen molar-refractivity contribution in [3.63, 3.8) is 0 Å². The van der Waals surface area contributed by atoms with Crippen molar-refractivity contribution in [2.24, 2.45) is 5.92 Å². The summed E-state index contributed by atoms with van der Waals surface area (Å²) in [5, 5.41) is 9.60. The molecular weight excluding hydrogens is 400 g/mol. The number of para-hydroxylation sites is 1. The van der Waals surface area contributed by atoms with Crippen molar-refractivity contribution in [3.8, 4) is 0 Å². The molecule has 3 aliphatic rings. The molecule has 0 unspecified atom stereocenters. The Kier molecular flexibility index (Phi) is 5.33. The number of hydrogen-bond acceptors (Lipinski definition) is 5. The van der Waals surface area contributed by atoms with Gasteiger partial charge >= 0.3 is 0 Å². The van der Waals surface area contributed by atoms with Gasteiger partial charge < -0.3 is 24.4 Å². The highest BCUT2D eigenvalue weighted by Crippen LogP contribution is 2.59. The number of aliphatic hydroxyl groups excluding tert-OH is 1. The van der Waals surface area contributed by atoms with Crippen molar-refractivity contribution >= 4 is 25.8 Å². The zero-order valence-electron chi connectivity index (χ0n) is 18.2. The van der Waals surface area contributed by atoms with Gasteiger partial charge in [0.05, 0.1) is 30.9 Å². The molecule has 1 aromatic carbocycles. The van der Waals surface area contributed by atoms with E-state index >= 15 is 0 Å². The summed E-state index contributed by atoms with van der Waals surface area (Å²) in [5.74, 6) is -0.465. The van der Waals surface area contributed by atoms with Crippen molar-refractivity contribution in [2.75, 3.05) is 25.1 Å². The molecule has 8 heteroatoms. The first-order chi connectivity index (χ1) is 14.1. The standard InChI is InChI=1S/C22H32N2O5Si/c1-14-20(30(3,4)28)18(12-19(26)24-11-7-8-15(24)13-25)29-22(14)16-9-5-6-10-17(16)23(2)21(22)27/h5-6,9-10,14-15,18,20,25,28H,7-8,11-13H2,1-4H3/t14-,15-,18+,20-,22+/m0/s1. The van der Waals surface area contributed by atoms with Gasteiger partial charge in [-0.15, -0.1) is 0 Å². The first-order valence-electron chi connectivity index (χ1n) is 10.8. The van der Waals surface area contributed by atoms with E-state index in [2.05, 4.69) is 0 Å². The lowest BCUT2D eigenvalue weighted by molar-refractivity contribution is -0.149. The maximum atomic E-state index is 13.5. The Labute approximate surface area is 178 Å². The second-order valence-electron chi connectivity index (χ2n) is 9.51. The summed E-state index contributed by atoms with van der Waals surface area (Å²) in [5.41, 5.74) is 0.199. The van der Waals surface area contributed by atoms with Crippen LogP contribution in [0.4, 0.5) is 5.69 Å². The number of anilines is 1. The number of likely N-dealkylation sites (N-methyl/N-ethyl adjacent to an activating group) is 1. The van der Waals surface area contributed by atoms with Crippen molar-refractivity contribution in [1.82, 2.24) is 4.90 Å². The number of hydrogen-bond donors (Lipinski definition) is 2. The second kappa shape index (κ2) is 7.44. The molecule has 7 nitrogen and oxygen atoms in total. The number of nitrogens with zero attached hydrogens (tertiary/aromatic N) is 2. The van der Waals surface area contributed by atoms with Crippen LogP contribution in [0.15, 0.2) is 24.3 Å². The first kappa shape index (κ1) is 21.5. The number of carbonyl (C=O) groups excluding carboxylic acids is 2. The van der Waals surface area contributed by atoms with Crippen LogP contribution in [0, 0.1) is 5.92 Å². The Bertz CT molecular complexity index is 856. The Morgan fingerprint density at radius 3 is 2.70 bits per heavy atom. The number of rotatable bonds is 4. The van der Waals surface area contributed by atoms with Crippen LogP contribution in [0.2, 0.25) is 18.6 Å². The average molecular weight is 433 g/mol. The van der Waals surface area contributed by atoms with Gasteiger partial charge in [0.1, 0.15) is 0 Å². The summed E-state index contributed by atoms with van der Waals surface area (Å²) in [6, 6.07) is 7.47. The molecule has 0 saturated carbocycles. The Morgan fingerprint density at radius 2 is 2.03 bits per heavy atom. The third-order valence-corrected chi connectivity index (χ3v) is 9.81. The van der Waals surface area contributed by atoms with Gasteiger partial charge in [-0.1, -0.05) is 25.1 Å². The zero-order chi connectivity index (χ0) is 21.8. The van der Waals surface area contributed by atoms with Crippen LogP contribution in [-0.4, -0.2) is 67.3 Å². The quantitative estimate of drug-likeness (QED) is 0.709. The lowest BCUT2D eigenvalue weighted by Gasteiger charge is -2.32. The van der Waals surface area contributed by atoms with Crippen molar-refractivity contribution in [1.29, 1.82) is 0 Å². The molecule has 5 atom stereocenters. The Hall–Kier alpha value is -1.74. The van der Waals surface area contributed by atoms with E-state index in [1.54, 1.807) is 16.8 Å². The SMILES string of the molecule is C[C@H]1[C@H]([Si](C)(C)O)[C@@H](CC(=O)N2CCC[C@H]2CO)O[C@]12C(=O)N(C)c1ccccc12. The normalized spacial score (nSPS) is 33.6. The number of ether oxygens (including phenoxy) is 1. The van der Waals surface area contributed by atoms with E-state index in [9.17, 15) is 19.5 Å². The highest BCUT2D eigenvalue weighted by molar-refractivity contribution is 6.71. The number of likely N-dealkylation sites (tertiary alicyclic amines) is 1. The van der Waals surface area contributed by atoms with Gasteiger partial charge in [-0.2, -0.15) is 0 Å². The third kappa shape index (κ3) is 3.04. The van der Waals surface area contributed by atoms with Crippen molar-refractivity contribution < 1.29 is 24.2 Å². The molecule has 0 aliphatic carbocycles. The maximum absolute atomic E-state index is 13.5. The van der Waals surface area contributed by atoms with Gasteiger partial charge in [-0.25, -0.2) is 0 Å². The van der Waals surface area contributed by atoms with E-state index in [0.29, 0.717) is 6.54 Å². The molecule has 4 rings (SSSR count).